The van der Waals surface area contributed by atoms with E-state index < -0.39 is 0 Å². The average molecular weight is 395 g/mol. The first-order valence-corrected chi connectivity index (χ1v) is 10.3. The molecule has 0 unspecified atom stereocenters. The monoisotopic (exact) mass is 394 g/mol. The molecular formula is C23H28N3OS+. The molecule has 0 aromatic heterocycles. The number of para-hydroxylation sites is 1. The van der Waals surface area contributed by atoms with E-state index in [0.717, 1.165) is 25.3 Å². The summed E-state index contributed by atoms with van der Waals surface area (Å²) in [6.45, 7) is 8.26. The number of anilines is 1. The van der Waals surface area contributed by atoms with Crippen molar-refractivity contribution in [2.24, 2.45) is 10.8 Å². The number of hydrogen-bond donors (Lipinski definition) is 2. The number of nitrogens with one attached hydrogen (secondary N) is 2. The van der Waals surface area contributed by atoms with Gasteiger partial charge in [-0.2, -0.15) is 0 Å². The van der Waals surface area contributed by atoms with E-state index in [9.17, 15) is 4.79 Å². The number of rotatable bonds is 3. The Balaban J connectivity index is 1.51. The summed E-state index contributed by atoms with van der Waals surface area (Å²) in [5, 5.41) is 4.05. The molecule has 2 saturated heterocycles. The lowest BCUT2D eigenvalue weighted by Gasteiger charge is -2.53. The Hall–Kier alpha value is -2.24. The van der Waals surface area contributed by atoms with Crippen molar-refractivity contribution in [1.82, 2.24) is 4.90 Å². The third kappa shape index (κ3) is 3.69. The van der Waals surface area contributed by atoms with E-state index in [1.165, 1.54) is 10.5 Å². The molecule has 4 nitrogen and oxygen atoms in total. The number of carbonyl (C=O) groups is 1. The lowest BCUT2D eigenvalue weighted by Crippen LogP contribution is -3.16. The molecule has 0 amide bonds. The largest absolute Gasteiger partial charge is 0.347 e. The third-order valence-corrected chi connectivity index (χ3v) is 6.43. The summed E-state index contributed by atoms with van der Waals surface area (Å²) in [7, 11) is 0. The number of piperidine rings is 2. The highest BCUT2D eigenvalue weighted by molar-refractivity contribution is 7.80. The number of Topliss-reactive ketones (excluding diaryl/α,β-unsaturated/α-hetero) is 1. The van der Waals surface area contributed by atoms with E-state index in [4.69, 9.17) is 12.2 Å². The second-order valence-corrected chi connectivity index (χ2v) is 9.26. The predicted molar refractivity (Wildman–Crippen MR) is 116 cm³/mol. The zero-order valence-electron chi connectivity index (χ0n) is 16.6. The molecule has 0 aliphatic carbocycles. The Morgan fingerprint density at radius 2 is 1.54 bits per heavy atom. The summed E-state index contributed by atoms with van der Waals surface area (Å²) < 4.78 is 0. The zero-order valence-corrected chi connectivity index (χ0v) is 17.4. The number of ketones is 1. The first kappa shape index (κ1) is 19.1. The van der Waals surface area contributed by atoms with Crippen LogP contribution < -0.4 is 10.2 Å². The lowest BCUT2D eigenvalue weighted by molar-refractivity contribution is -0.928. The number of hydrogen-bond acceptors (Lipinski definition) is 2. The van der Waals surface area contributed by atoms with Crippen molar-refractivity contribution in [2.45, 2.75) is 20.4 Å². The highest BCUT2D eigenvalue weighted by Gasteiger charge is 2.58. The van der Waals surface area contributed by atoms with Gasteiger partial charge in [0.1, 0.15) is 6.54 Å². The van der Waals surface area contributed by atoms with Gasteiger partial charge in [0.2, 0.25) is 0 Å². The molecule has 4 rings (SSSR count). The normalized spacial score (nSPS) is 29.4. The first-order chi connectivity index (χ1) is 13.4. The number of benzene rings is 2. The van der Waals surface area contributed by atoms with Gasteiger partial charge >= 0.3 is 0 Å². The van der Waals surface area contributed by atoms with E-state index >= 15 is 0 Å². The fourth-order valence-electron chi connectivity index (χ4n) is 5.09. The average Bonchev–Trinajstić information content (AvgIpc) is 2.66. The quantitative estimate of drug-likeness (QED) is 0.784. The van der Waals surface area contributed by atoms with Gasteiger partial charge in [-0.1, -0.05) is 48.5 Å². The molecule has 2 aliphatic heterocycles. The number of thiocarbonyl (C=S) groups is 1. The van der Waals surface area contributed by atoms with Gasteiger partial charge in [0.05, 0.1) is 23.9 Å². The van der Waals surface area contributed by atoms with Crippen LogP contribution in [0, 0.1) is 10.8 Å². The number of likely N-dealkylation sites (tertiary alicyclic amines) is 2. The van der Waals surface area contributed by atoms with Crippen molar-refractivity contribution in [3.8, 4) is 0 Å². The molecule has 2 fully saturated rings. The van der Waals surface area contributed by atoms with Crippen LogP contribution in [-0.4, -0.2) is 42.0 Å². The van der Waals surface area contributed by atoms with Gasteiger partial charge < -0.3 is 15.1 Å². The predicted octanol–water partition coefficient (Wildman–Crippen LogP) is 2.38. The molecule has 0 saturated carbocycles. The summed E-state index contributed by atoms with van der Waals surface area (Å²) >= 11 is 5.70. The van der Waals surface area contributed by atoms with Crippen LogP contribution in [0.15, 0.2) is 60.7 Å². The molecule has 2 aromatic carbocycles. The fraction of sp³-hybridized carbons (Fsp3) is 0.391. The second-order valence-electron chi connectivity index (χ2n) is 8.87. The number of nitrogens with zero attached hydrogens (tertiary/aromatic N) is 1. The van der Waals surface area contributed by atoms with E-state index in [1.807, 2.05) is 30.3 Å². The summed E-state index contributed by atoms with van der Waals surface area (Å²) in [6, 6.07) is 20.6. The Kier molecular flexibility index (Phi) is 4.98. The zero-order chi connectivity index (χ0) is 19.8. The Labute approximate surface area is 172 Å². The van der Waals surface area contributed by atoms with Gasteiger partial charge in [-0.05, 0) is 38.2 Å². The highest BCUT2D eigenvalue weighted by atomic mass is 32.1. The third-order valence-electron chi connectivity index (χ3n) is 6.07. The topological polar surface area (TPSA) is 36.8 Å². The van der Waals surface area contributed by atoms with Crippen LogP contribution in [0.5, 0.6) is 0 Å². The number of fused-ring (bicyclic) bond motifs is 2. The molecule has 28 heavy (non-hydrogen) atoms. The molecule has 2 atom stereocenters. The Bertz CT molecular complexity index is 848. The van der Waals surface area contributed by atoms with Crippen molar-refractivity contribution in [1.29, 1.82) is 0 Å². The SMILES string of the molecule is C[C@]12CN(C(=S)Nc3ccccc3)C[C@@](C)(C[NH+](Cc3ccccc3)C1)C2=O. The summed E-state index contributed by atoms with van der Waals surface area (Å²) in [4.78, 5) is 17.0. The van der Waals surface area contributed by atoms with Gasteiger partial charge in [-0.3, -0.25) is 4.79 Å². The lowest BCUT2D eigenvalue weighted by atomic mass is 9.64. The van der Waals surface area contributed by atoms with Crippen LogP contribution in [0.2, 0.25) is 0 Å². The van der Waals surface area contributed by atoms with Crippen LogP contribution in [0.4, 0.5) is 5.69 Å². The maximum absolute atomic E-state index is 13.3. The summed E-state index contributed by atoms with van der Waals surface area (Å²) in [6.07, 6.45) is 0. The van der Waals surface area contributed by atoms with Crippen LogP contribution in [0.3, 0.4) is 0 Å². The molecule has 2 bridgehead atoms. The van der Waals surface area contributed by atoms with Crippen molar-refractivity contribution >= 4 is 28.8 Å². The molecule has 146 valence electrons. The minimum Gasteiger partial charge on any atom is -0.347 e. The van der Waals surface area contributed by atoms with Crippen LogP contribution >= 0.6 is 12.2 Å². The second kappa shape index (κ2) is 7.30. The molecule has 2 N–H and O–H groups in total. The molecule has 2 heterocycles. The van der Waals surface area contributed by atoms with Gasteiger partial charge in [0, 0.05) is 24.3 Å². The van der Waals surface area contributed by atoms with Gasteiger partial charge in [-0.15, -0.1) is 0 Å². The van der Waals surface area contributed by atoms with Crippen LogP contribution in [-0.2, 0) is 11.3 Å². The van der Waals surface area contributed by atoms with Gasteiger partial charge in [0.15, 0.2) is 10.9 Å². The fourth-order valence-corrected chi connectivity index (χ4v) is 5.33. The molecule has 0 radical (unpaired) electrons. The minimum absolute atomic E-state index is 0.377. The maximum Gasteiger partial charge on any atom is 0.173 e. The first-order valence-electron chi connectivity index (χ1n) is 9.91. The van der Waals surface area contributed by atoms with E-state index in [-0.39, 0.29) is 10.8 Å². The van der Waals surface area contributed by atoms with Crippen LogP contribution in [0.1, 0.15) is 19.4 Å². The van der Waals surface area contributed by atoms with Crippen molar-refractivity contribution in [3.05, 3.63) is 66.2 Å². The van der Waals surface area contributed by atoms with Gasteiger partial charge in [-0.25, -0.2) is 0 Å². The number of carbonyl (C=O) groups excluding carboxylic acids is 1. The van der Waals surface area contributed by atoms with Crippen molar-refractivity contribution in [2.75, 3.05) is 31.5 Å². The van der Waals surface area contributed by atoms with E-state index in [2.05, 4.69) is 54.4 Å². The molecular weight excluding hydrogens is 366 g/mol. The van der Waals surface area contributed by atoms with Gasteiger partial charge in [0.25, 0.3) is 0 Å². The van der Waals surface area contributed by atoms with E-state index in [0.29, 0.717) is 24.0 Å². The highest BCUT2D eigenvalue weighted by Crippen LogP contribution is 2.38. The van der Waals surface area contributed by atoms with Crippen molar-refractivity contribution in [3.63, 3.8) is 0 Å². The number of quaternary nitrogens is 1. The maximum atomic E-state index is 13.3. The molecule has 0 spiro atoms. The molecule has 5 heteroatoms. The van der Waals surface area contributed by atoms with Crippen molar-refractivity contribution < 1.29 is 9.69 Å². The standard InChI is InChI=1S/C23H27N3OS/c1-22-14-25(13-18-9-5-3-6-10-18)15-23(2,20(22)27)17-26(16-22)21(28)24-19-11-7-4-8-12-19/h3-12H,13-17H2,1-2H3,(H,24,28)/p+1/t22-,23-/m1/s1. The minimum atomic E-state index is -0.377. The smallest absolute Gasteiger partial charge is 0.173 e. The summed E-state index contributed by atoms with van der Waals surface area (Å²) in [5.74, 6) is 0.399. The van der Waals surface area contributed by atoms with E-state index in [1.54, 1.807) is 0 Å². The van der Waals surface area contributed by atoms with Crippen LogP contribution in [0.25, 0.3) is 0 Å². The Morgan fingerprint density at radius 1 is 1.00 bits per heavy atom. The molecule has 2 aromatic rings. The summed E-state index contributed by atoms with van der Waals surface area (Å²) in [5.41, 5.74) is 1.56. The molecule has 2 aliphatic rings. The Morgan fingerprint density at radius 3 is 2.11 bits per heavy atom.